The number of nitrogens with one attached hydrogen (secondary N) is 2. The Morgan fingerprint density at radius 2 is 1.61 bits per heavy atom. The Morgan fingerprint density at radius 1 is 1.04 bits per heavy atom. The predicted molar refractivity (Wildman–Crippen MR) is 98.9 cm³/mol. The first-order chi connectivity index (χ1) is 13.3. The number of amides is 1. The Bertz CT molecular complexity index is 908. The van der Waals surface area contributed by atoms with E-state index in [-0.39, 0.29) is 17.7 Å². The van der Waals surface area contributed by atoms with Gasteiger partial charge in [-0.25, -0.2) is 21.9 Å². The first-order valence-corrected chi connectivity index (χ1v) is 9.82. The van der Waals surface area contributed by atoms with Gasteiger partial charge in [0, 0.05) is 30.3 Å². The average Bonchev–Trinajstić information content (AvgIpc) is 2.66. The number of halogens is 2. The van der Waals surface area contributed by atoms with E-state index in [4.69, 9.17) is 9.47 Å². The molecule has 0 atom stereocenters. The van der Waals surface area contributed by atoms with Crippen LogP contribution in [0, 0.1) is 11.6 Å². The van der Waals surface area contributed by atoms with E-state index >= 15 is 0 Å². The number of rotatable bonds is 9. The topological polar surface area (TPSA) is 93.7 Å². The van der Waals surface area contributed by atoms with Gasteiger partial charge in [0.15, 0.2) is 0 Å². The highest BCUT2D eigenvalue weighted by atomic mass is 32.2. The number of methoxy groups -OCH3 is 2. The number of hydrogen-bond acceptors (Lipinski definition) is 5. The predicted octanol–water partition coefficient (Wildman–Crippen LogP) is 1.83. The molecule has 0 aliphatic carbocycles. The summed E-state index contributed by atoms with van der Waals surface area (Å²) < 4.78 is 63.3. The lowest BCUT2D eigenvalue weighted by molar-refractivity contribution is 0.0955. The van der Waals surface area contributed by atoms with E-state index in [0.29, 0.717) is 11.5 Å². The van der Waals surface area contributed by atoms with E-state index < -0.39 is 39.9 Å². The molecule has 0 bridgehead atoms. The third kappa shape index (κ3) is 5.89. The first kappa shape index (κ1) is 21.6. The summed E-state index contributed by atoms with van der Waals surface area (Å²) in [7, 11) is -0.989. The van der Waals surface area contributed by atoms with Crippen molar-refractivity contribution < 1.29 is 31.5 Å². The molecule has 0 aliphatic rings. The zero-order chi connectivity index (χ0) is 20.7. The van der Waals surface area contributed by atoms with Crippen LogP contribution in [0.2, 0.25) is 0 Å². The molecule has 0 unspecified atom stereocenters. The lowest BCUT2D eigenvalue weighted by Gasteiger charge is -2.10. The molecule has 0 radical (unpaired) electrons. The van der Waals surface area contributed by atoms with Gasteiger partial charge in [-0.3, -0.25) is 4.79 Å². The lowest BCUT2D eigenvalue weighted by Crippen LogP contribution is -2.34. The Hall–Kier alpha value is -2.72. The van der Waals surface area contributed by atoms with Crippen LogP contribution in [0.5, 0.6) is 11.5 Å². The molecule has 0 aliphatic heterocycles. The maximum atomic E-state index is 13.5. The maximum Gasteiger partial charge on any atom is 0.251 e. The molecular formula is C18H20F2N2O5S. The molecular weight excluding hydrogens is 394 g/mol. The van der Waals surface area contributed by atoms with Gasteiger partial charge in [-0.05, 0) is 24.3 Å². The third-order valence-corrected chi connectivity index (χ3v) is 5.13. The van der Waals surface area contributed by atoms with Gasteiger partial charge in [0.2, 0.25) is 10.0 Å². The van der Waals surface area contributed by atoms with Crippen molar-refractivity contribution in [3.05, 3.63) is 59.2 Å². The van der Waals surface area contributed by atoms with Crippen molar-refractivity contribution in [2.45, 2.75) is 6.54 Å². The van der Waals surface area contributed by atoms with Crippen LogP contribution in [0.1, 0.15) is 15.9 Å². The number of hydrogen-bond donors (Lipinski definition) is 2. The second kappa shape index (κ2) is 9.47. The summed E-state index contributed by atoms with van der Waals surface area (Å²) in [6.07, 6.45) is 0. The van der Waals surface area contributed by atoms with Crippen LogP contribution in [-0.2, 0) is 16.6 Å². The van der Waals surface area contributed by atoms with Gasteiger partial charge >= 0.3 is 0 Å². The third-order valence-electron chi connectivity index (χ3n) is 3.80. The van der Waals surface area contributed by atoms with Crippen molar-refractivity contribution in [3.8, 4) is 11.5 Å². The van der Waals surface area contributed by atoms with Crippen molar-refractivity contribution >= 4 is 15.9 Å². The molecule has 2 rings (SSSR count). The van der Waals surface area contributed by atoms with Crippen LogP contribution < -0.4 is 19.5 Å². The van der Waals surface area contributed by atoms with Crippen LogP contribution in [0.25, 0.3) is 0 Å². The highest BCUT2D eigenvalue weighted by Crippen LogP contribution is 2.22. The molecule has 1 amide bonds. The summed E-state index contributed by atoms with van der Waals surface area (Å²) in [5, 5.41) is 2.46. The highest BCUT2D eigenvalue weighted by molar-refractivity contribution is 7.89. The summed E-state index contributed by atoms with van der Waals surface area (Å²) in [6.45, 7) is -0.727. The van der Waals surface area contributed by atoms with Crippen molar-refractivity contribution in [1.82, 2.24) is 10.0 Å². The zero-order valence-corrected chi connectivity index (χ0v) is 16.1. The van der Waals surface area contributed by atoms with Crippen molar-refractivity contribution in [2.24, 2.45) is 0 Å². The quantitative estimate of drug-likeness (QED) is 0.653. The Morgan fingerprint density at radius 3 is 2.14 bits per heavy atom. The summed E-state index contributed by atoms with van der Waals surface area (Å²) >= 11 is 0. The van der Waals surface area contributed by atoms with E-state index in [1.807, 2.05) is 0 Å². The smallest absolute Gasteiger partial charge is 0.251 e. The fourth-order valence-electron chi connectivity index (χ4n) is 2.30. The van der Waals surface area contributed by atoms with Gasteiger partial charge < -0.3 is 14.8 Å². The number of carbonyl (C=O) groups is 1. The fraction of sp³-hybridized carbons (Fsp3) is 0.278. The largest absolute Gasteiger partial charge is 0.497 e. The summed E-state index contributed by atoms with van der Waals surface area (Å²) in [5.74, 6) is -1.86. The van der Waals surface area contributed by atoms with Gasteiger partial charge in [0.25, 0.3) is 5.91 Å². The molecule has 0 saturated heterocycles. The standard InChI is InChI=1S/C18H20F2N2O5S/c1-26-13-8-12(9-14(10-13)27-2)18(23)21-6-7-28(24,25)22-11-15-16(19)4-3-5-17(15)20/h3-5,8-10,22H,6-7,11H2,1-2H3,(H,21,23). The molecule has 7 nitrogen and oxygen atoms in total. The second-order valence-electron chi connectivity index (χ2n) is 5.70. The minimum absolute atomic E-state index is 0.201. The number of carbonyl (C=O) groups excluding carboxylic acids is 1. The van der Waals surface area contributed by atoms with Gasteiger partial charge in [-0.2, -0.15) is 0 Å². The molecule has 10 heteroatoms. The van der Waals surface area contributed by atoms with Gasteiger partial charge in [-0.15, -0.1) is 0 Å². The monoisotopic (exact) mass is 414 g/mol. The molecule has 2 N–H and O–H groups in total. The molecule has 28 heavy (non-hydrogen) atoms. The van der Waals surface area contributed by atoms with Gasteiger partial charge in [-0.1, -0.05) is 6.07 Å². The minimum atomic E-state index is -3.86. The average molecular weight is 414 g/mol. The molecule has 0 fully saturated rings. The number of sulfonamides is 1. The number of benzene rings is 2. The van der Waals surface area contributed by atoms with E-state index in [1.165, 1.54) is 32.4 Å². The Labute approximate surface area is 161 Å². The summed E-state index contributed by atoms with van der Waals surface area (Å²) in [5.41, 5.74) is -0.145. The zero-order valence-electron chi connectivity index (χ0n) is 15.3. The molecule has 0 heterocycles. The van der Waals surface area contributed by atoms with Gasteiger partial charge in [0.05, 0.1) is 20.0 Å². The van der Waals surface area contributed by atoms with Crippen molar-refractivity contribution in [2.75, 3.05) is 26.5 Å². The molecule has 0 saturated carbocycles. The van der Waals surface area contributed by atoms with E-state index in [9.17, 15) is 22.0 Å². The van der Waals surface area contributed by atoms with E-state index in [1.54, 1.807) is 6.07 Å². The SMILES string of the molecule is COc1cc(OC)cc(C(=O)NCCS(=O)(=O)NCc2c(F)cccc2F)c1. The fourth-order valence-corrected chi connectivity index (χ4v) is 3.17. The molecule has 0 aromatic heterocycles. The van der Waals surface area contributed by atoms with Crippen molar-refractivity contribution in [3.63, 3.8) is 0 Å². The van der Waals surface area contributed by atoms with Crippen molar-refractivity contribution in [1.29, 1.82) is 0 Å². The van der Waals surface area contributed by atoms with E-state index in [2.05, 4.69) is 10.0 Å². The van der Waals surface area contributed by atoms with Crippen LogP contribution in [-0.4, -0.2) is 40.8 Å². The highest BCUT2D eigenvalue weighted by Gasteiger charge is 2.15. The molecule has 2 aromatic carbocycles. The molecule has 152 valence electrons. The Balaban J connectivity index is 1.92. The maximum absolute atomic E-state index is 13.5. The van der Waals surface area contributed by atoms with Crippen LogP contribution in [0.3, 0.4) is 0 Å². The lowest BCUT2D eigenvalue weighted by atomic mass is 10.2. The summed E-state index contributed by atoms with van der Waals surface area (Å²) in [4.78, 5) is 12.2. The number of ether oxygens (including phenoxy) is 2. The van der Waals surface area contributed by atoms with Crippen LogP contribution >= 0.6 is 0 Å². The second-order valence-corrected chi connectivity index (χ2v) is 7.62. The first-order valence-electron chi connectivity index (χ1n) is 8.17. The minimum Gasteiger partial charge on any atom is -0.497 e. The molecule has 0 spiro atoms. The van der Waals surface area contributed by atoms with Crippen LogP contribution in [0.4, 0.5) is 8.78 Å². The van der Waals surface area contributed by atoms with Crippen LogP contribution in [0.15, 0.2) is 36.4 Å². The van der Waals surface area contributed by atoms with Gasteiger partial charge in [0.1, 0.15) is 23.1 Å². The van der Waals surface area contributed by atoms with E-state index in [0.717, 1.165) is 12.1 Å². The summed E-state index contributed by atoms with van der Waals surface area (Å²) in [6, 6.07) is 7.81. The Kier molecular flexibility index (Phi) is 7.30. The molecule has 2 aromatic rings. The normalized spacial score (nSPS) is 11.1.